The van der Waals surface area contributed by atoms with E-state index in [1.807, 2.05) is 36.0 Å². The molecule has 0 bridgehead atoms. The molecular formula is C24H23NO2S2. The van der Waals surface area contributed by atoms with Crippen molar-refractivity contribution < 1.29 is 8.42 Å². The van der Waals surface area contributed by atoms with Crippen molar-refractivity contribution in [2.75, 3.05) is 10.5 Å². The van der Waals surface area contributed by atoms with Gasteiger partial charge >= 0.3 is 0 Å². The second-order valence-corrected chi connectivity index (χ2v) is 10.9. The Labute approximate surface area is 176 Å². The lowest BCUT2D eigenvalue weighted by atomic mass is 9.80. The maximum Gasteiger partial charge on any atom is 0.235 e. The second kappa shape index (κ2) is 7.54. The van der Waals surface area contributed by atoms with Crippen molar-refractivity contribution in [1.29, 1.82) is 0 Å². The highest BCUT2D eigenvalue weighted by Gasteiger charge is 2.35. The predicted octanol–water partition coefficient (Wildman–Crippen LogP) is 5.60. The number of sulfonamides is 1. The molecule has 5 rings (SSSR count). The third-order valence-corrected chi connectivity index (χ3v) is 8.76. The number of benzene rings is 2. The SMILES string of the molecule is O=S(=O)(Nc1cccc(/C=C2/c3ccccc3SCC3C=CC=CC23)c1)C1CC1. The molecule has 0 amide bonds. The van der Waals surface area contributed by atoms with Crippen molar-refractivity contribution >= 4 is 39.1 Å². The smallest absolute Gasteiger partial charge is 0.235 e. The maximum atomic E-state index is 12.3. The zero-order valence-electron chi connectivity index (χ0n) is 16.0. The number of nitrogens with one attached hydrogen (secondary N) is 1. The number of hydrogen-bond donors (Lipinski definition) is 1. The maximum absolute atomic E-state index is 12.3. The van der Waals surface area contributed by atoms with Gasteiger partial charge in [-0.15, -0.1) is 11.8 Å². The van der Waals surface area contributed by atoms with Gasteiger partial charge in [-0.25, -0.2) is 8.42 Å². The molecule has 148 valence electrons. The molecule has 3 nitrogen and oxygen atoms in total. The van der Waals surface area contributed by atoms with E-state index in [9.17, 15) is 8.42 Å². The van der Waals surface area contributed by atoms with E-state index in [0.29, 0.717) is 17.5 Å². The largest absolute Gasteiger partial charge is 0.283 e. The first-order valence-corrected chi connectivity index (χ1v) is 12.5. The van der Waals surface area contributed by atoms with E-state index in [1.54, 1.807) is 0 Å². The average Bonchev–Trinajstić information content (AvgIpc) is 3.57. The van der Waals surface area contributed by atoms with Crippen molar-refractivity contribution in [3.63, 3.8) is 0 Å². The molecular weight excluding hydrogens is 398 g/mol. The van der Waals surface area contributed by atoms with E-state index >= 15 is 0 Å². The Morgan fingerprint density at radius 1 is 1.00 bits per heavy atom. The van der Waals surface area contributed by atoms with Gasteiger partial charge in [-0.1, -0.05) is 60.7 Å². The Morgan fingerprint density at radius 2 is 1.83 bits per heavy atom. The van der Waals surface area contributed by atoms with E-state index in [2.05, 4.69) is 59.4 Å². The Bertz CT molecular complexity index is 1130. The van der Waals surface area contributed by atoms with Crippen LogP contribution in [0.3, 0.4) is 0 Å². The molecule has 2 aliphatic carbocycles. The number of anilines is 1. The van der Waals surface area contributed by atoms with Crippen molar-refractivity contribution in [3.8, 4) is 0 Å². The van der Waals surface area contributed by atoms with Crippen molar-refractivity contribution in [1.82, 2.24) is 0 Å². The number of fused-ring (bicyclic) bond motifs is 2. The van der Waals surface area contributed by atoms with Gasteiger partial charge in [-0.2, -0.15) is 0 Å². The monoisotopic (exact) mass is 421 g/mol. The van der Waals surface area contributed by atoms with Crippen LogP contribution < -0.4 is 4.72 Å². The van der Waals surface area contributed by atoms with Gasteiger partial charge in [0, 0.05) is 22.3 Å². The lowest BCUT2D eigenvalue weighted by molar-refractivity contribution is 0.600. The molecule has 0 radical (unpaired) electrons. The highest BCUT2D eigenvalue weighted by atomic mass is 32.2. The molecule has 3 aliphatic rings. The van der Waals surface area contributed by atoms with Crippen molar-refractivity contribution in [3.05, 3.63) is 84.0 Å². The molecule has 2 aromatic rings. The summed E-state index contributed by atoms with van der Waals surface area (Å²) in [7, 11) is -3.26. The summed E-state index contributed by atoms with van der Waals surface area (Å²) in [5, 5.41) is -0.227. The lowest BCUT2D eigenvalue weighted by Crippen LogP contribution is -2.17. The zero-order chi connectivity index (χ0) is 19.8. The minimum atomic E-state index is -3.26. The van der Waals surface area contributed by atoms with Crippen LogP contribution in [0.4, 0.5) is 5.69 Å². The molecule has 0 aromatic heterocycles. The Hall–Kier alpha value is -2.24. The lowest BCUT2D eigenvalue weighted by Gasteiger charge is -2.24. The number of hydrogen-bond acceptors (Lipinski definition) is 3. The van der Waals surface area contributed by atoms with Crippen LogP contribution in [0.15, 0.2) is 77.7 Å². The second-order valence-electron chi connectivity index (χ2n) is 7.84. The van der Waals surface area contributed by atoms with E-state index in [1.165, 1.54) is 16.0 Å². The minimum absolute atomic E-state index is 0.227. The standard InChI is InChI=1S/C24H23NO2S2/c26-29(27,20-12-13-20)25-19-8-5-6-17(14-19)15-23-21-9-2-1-7-18(21)16-28-24-11-4-3-10-22(23)24/h1-11,14-15,18,20-21,25H,12-13,16H2/b23-15+. The van der Waals surface area contributed by atoms with Crippen LogP contribution in [0.2, 0.25) is 0 Å². The molecule has 1 saturated carbocycles. The molecule has 0 spiro atoms. The Kier molecular flexibility index (Phi) is 4.88. The number of rotatable bonds is 4. The molecule has 1 aliphatic heterocycles. The Balaban J connectivity index is 1.55. The zero-order valence-corrected chi connectivity index (χ0v) is 17.6. The fourth-order valence-corrected chi connectivity index (χ4v) is 6.60. The van der Waals surface area contributed by atoms with E-state index in [-0.39, 0.29) is 5.25 Å². The average molecular weight is 422 g/mol. The van der Waals surface area contributed by atoms with Gasteiger partial charge in [0.25, 0.3) is 0 Å². The van der Waals surface area contributed by atoms with Gasteiger partial charge in [0.1, 0.15) is 0 Å². The molecule has 1 heterocycles. The van der Waals surface area contributed by atoms with E-state index < -0.39 is 10.0 Å². The third-order valence-electron chi connectivity index (χ3n) is 5.67. The van der Waals surface area contributed by atoms with Crippen LogP contribution >= 0.6 is 11.8 Å². The highest BCUT2D eigenvalue weighted by Crippen LogP contribution is 2.44. The summed E-state index contributed by atoms with van der Waals surface area (Å²) < 4.78 is 27.4. The summed E-state index contributed by atoms with van der Waals surface area (Å²) >= 11 is 1.91. The fourth-order valence-electron chi connectivity index (χ4n) is 4.01. The van der Waals surface area contributed by atoms with Crippen LogP contribution in [0.1, 0.15) is 24.0 Å². The number of allylic oxidation sites excluding steroid dienone is 5. The fraction of sp³-hybridized carbons (Fsp3) is 0.250. The summed E-state index contributed by atoms with van der Waals surface area (Å²) in [5.41, 5.74) is 4.21. The van der Waals surface area contributed by atoms with Gasteiger partial charge in [0.05, 0.1) is 5.25 Å². The normalized spacial score (nSPS) is 24.6. The summed E-state index contributed by atoms with van der Waals surface area (Å²) in [6.45, 7) is 0. The van der Waals surface area contributed by atoms with E-state index in [4.69, 9.17) is 0 Å². The van der Waals surface area contributed by atoms with Crippen LogP contribution in [0, 0.1) is 11.8 Å². The van der Waals surface area contributed by atoms with Gasteiger partial charge in [-0.05, 0) is 53.7 Å². The first kappa shape index (κ1) is 18.8. The van der Waals surface area contributed by atoms with Gasteiger partial charge < -0.3 is 0 Å². The molecule has 29 heavy (non-hydrogen) atoms. The molecule has 2 atom stereocenters. The van der Waals surface area contributed by atoms with Gasteiger partial charge in [-0.3, -0.25) is 4.72 Å². The molecule has 1 N–H and O–H groups in total. The Morgan fingerprint density at radius 3 is 2.69 bits per heavy atom. The molecule has 1 fully saturated rings. The van der Waals surface area contributed by atoms with Crippen LogP contribution in [0.5, 0.6) is 0 Å². The molecule has 2 unspecified atom stereocenters. The highest BCUT2D eigenvalue weighted by molar-refractivity contribution is 7.99. The molecule has 2 aromatic carbocycles. The first-order valence-electron chi connectivity index (χ1n) is 10.0. The topological polar surface area (TPSA) is 46.2 Å². The van der Waals surface area contributed by atoms with E-state index in [0.717, 1.165) is 24.2 Å². The number of thioether (sulfide) groups is 1. The van der Waals surface area contributed by atoms with Crippen LogP contribution in [-0.2, 0) is 10.0 Å². The molecule has 5 heteroatoms. The minimum Gasteiger partial charge on any atom is -0.283 e. The summed E-state index contributed by atoms with van der Waals surface area (Å²) in [4.78, 5) is 1.31. The van der Waals surface area contributed by atoms with Gasteiger partial charge in [0.2, 0.25) is 10.0 Å². The summed E-state index contributed by atoms with van der Waals surface area (Å²) in [6, 6.07) is 16.3. The van der Waals surface area contributed by atoms with Crippen LogP contribution in [0.25, 0.3) is 11.6 Å². The van der Waals surface area contributed by atoms with Crippen molar-refractivity contribution in [2.24, 2.45) is 11.8 Å². The summed E-state index contributed by atoms with van der Waals surface area (Å²) in [5.74, 6) is 1.84. The third kappa shape index (κ3) is 3.94. The van der Waals surface area contributed by atoms with Crippen molar-refractivity contribution in [2.45, 2.75) is 23.0 Å². The van der Waals surface area contributed by atoms with Crippen LogP contribution in [-0.4, -0.2) is 19.4 Å². The first-order chi connectivity index (χ1) is 14.1. The predicted molar refractivity (Wildman–Crippen MR) is 122 cm³/mol. The quantitative estimate of drug-likeness (QED) is 0.699. The summed E-state index contributed by atoms with van der Waals surface area (Å²) in [6.07, 6.45) is 12.6. The molecule has 0 saturated heterocycles. The van der Waals surface area contributed by atoms with Gasteiger partial charge in [0.15, 0.2) is 0 Å².